The Morgan fingerprint density at radius 2 is 2.29 bits per heavy atom. The van der Waals surface area contributed by atoms with Crippen molar-refractivity contribution in [1.82, 2.24) is 10.2 Å². The molecule has 0 aromatic heterocycles. The lowest BCUT2D eigenvalue weighted by molar-refractivity contribution is -0.0465. The molecule has 1 aromatic rings. The summed E-state index contributed by atoms with van der Waals surface area (Å²) in [6, 6.07) is 6.23. The van der Waals surface area contributed by atoms with E-state index in [0.29, 0.717) is 6.61 Å². The first-order valence-electron chi connectivity index (χ1n) is 7.68. The number of nitrogens with one attached hydrogen (secondary N) is 1. The van der Waals surface area contributed by atoms with Crippen molar-refractivity contribution in [2.75, 3.05) is 39.4 Å². The number of nitrogens with zero attached hydrogens (tertiary/aromatic N) is 1. The van der Waals surface area contributed by atoms with Crippen LogP contribution in [0.25, 0.3) is 0 Å². The maximum atomic E-state index is 5.91. The molecule has 0 saturated carbocycles. The number of likely N-dealkylation sites (N-methyl/N-ethyl adjacent to an activating group) is 1. The Labute approximate surface area is 135 Å². The van der Waals surface area contributed by atoms with Gasteiger partial charge in [0.15, 0.2) is 0 Å². The molecule has 0 radical (unpaired) electrons. The first kappa shape index (κ1) is 16.7. The zero-order valence-electron chi connectivity index (χ0n) is 12.9. The maximum absolute atomic E-state index is 5.91. The molecular weight excluding hydrogens is 332 g/mol. The molecule has 0 bridgehead atoms. The summed E-state index contributed by atoms with van der Waals surface area (Å²) in [6.45, 7) is 10.6. The highest BCUT2D eigenvalue weighted by molar-refractivity contribution is 9.10. The van der Waals surface area contributed by atoms with Gasteiger partial charge in [-0.15, -0.1) is 0 Å². The van der Waals surface area contributed by atoms with Crippen LogP contribution in [0.1, 0.15) is 19.4 Å². The van der Waals surface area contributed by atoms with E-state index in [-0.39, 0.29) is 6.10 Å². The fourth-order valence-electron chi connectivity index (χ4n) is 2.39. The molecule has 1 atom stereocenters. The van der Waals surface area contributed by atoms with Gasteiger partial charge in [-0.2, -0.15) is 0 Å². The minimum absolute atomic E-state index is 0.159. The quantitative estimate of drug-likeness (QED) is 0.814. The van der Waals surface area contributed by atoms with Crippen LogP contribution in [-0.2, 0) is 11.3 Å². The summed E-state index contributed by atoms with van der Waals surface area (Å²) in [4.78, 5) is 2.39. The number of benzene rings is 1. The minimum Gasteiger partial charge on any atom is -0.490 e. The molecule has 1 aromatic carbocycles. The van der Waals surface area contributed by atoms with Crippen LogP contribution in [0.3, 0.4) is 0 Å². The number of ether oxygens (including phenoxy) is 2. The fraction of sp³-hybridized carbons (Fsp3) is 0.625. The van der Waals surface area contributed by atoms with Crippen LogP contribution in [0.2, 0.25) is 0 Å². The molecule has 118 valence electrons. The van der Waals surface area contributed by atoms with E-state index in [2.05, 4.69) is 52.1 Å². The molecule has 1 heterocycles. The lowest BCUT2D eigenvalue weighted by atomic mass is 10.2. The van der Waals surface area contributed by atoms with Crippen LogP contribution in [0.5, 0.6) is 5.75 Å². The van der Waals surface area contributed by atoms with Gasteiger partial charge in [0.1, 0.15) is 18.5 Å². The topological polar surface area (TPSA) is 33.7 Å². The summed E-state index contributed by atoms with van der Waals surface area (Å²) in [7, 11) is 0. The summed E-state index contributed by atoms with van der Waals surface area (Å²) >= 11 is 3.59. The van der Waals surface area contributed by atoms with Crippen LogP contribution in [-0.4, -0.2) is 50.4 Å². The largest absolute Gasteiger partial charge is 0.490 e. The molecule has 0 spiro atoms. The van der Waals surface area contributed by atoms with E-state index in [1.165, 1.54) is 5.56 Å². The highest BCUT2D eigenvalue weighted by Gasteiger charge is 2.20. The van der Waals surface area contributed by atoms with Crippen LogP contribution in [0.4, 0.5) is 0 Å². The molecule has 1 saturated heterocycles. The van der Waals surface area contributed by atoms with E-state index >= 15 is 0 Å². The highest BCUT2D eigenvalue weighted by atomic mass is 79.9. The van der Waals surface area contributed by atoms with E-state index in [1.54, 1.807) is 0 Å². The zero-order valence-corrected chi connectivity index (χ0v) is 14.5. The molecule has 5 heteroatoms. The standard InChI is InChI=1S/C16H25BrN2O2/c1-3-18-10-13-5-6-16(15(17)9-13)21-12-14-11-19(4-2)7-8-20-14/h5-6,9,14,18H,3-4,7-8,10-12H2,1-2H3. The fourth-order valence-corrected chi connectivity index (χ4v) is 2.93. The van der Waals surface area contributed by atoms with Crippen LogP contribution in [0.15, 0.2) is 22.7 Å². The summed E-state index contributed by atoms with van der Waals surface area (Å²) < 4.78 is 12.7. The number of rotatable bonds is 7. The monoisotopic (exact) mass is 356 g/mol. The Bertz CT molecular complexity index is 442. The van der Waals surface area contributed by atoms with Crippen LogP contribution >= 0.6 is 15.9 Å². The van der Waals surface area contributed by atoms with Gasteiger partial charge >= 0.3 is 0 Å². The number of morpholine rings is 1. The molecule has 1 N–H and O–H groups in total. The second-order valence-electron chi connectivity index (χ2n) is 5.24. The van der Waals surface area contributed by atoms with Gasteiger partial charge in [-0.25, -0.2) is 0 Å². The molecule has 1 aliphatic heterocycles. The highest BCUT2D eigenvalue weighted by Crippen LogP contribution is 2.26. The summed E-state index contributed by atoms with van der Waals surface area (Å²) in [5.41, 5.74) is 1.25. The van der Waals surface area contributed by atoms with Crippen molar-refractivity contribution in [1.29, 1.82) is 0 Å². The minimum atomic E-state index is 0.159. The first-order chi connectivity index (χ1) is 10.2. The van der Waals surface area contributed by atoms with E-state index in [1.807, 2.05) is 6.07 Å². The van der Waals surface area contributed by atoms with Crippen molar-refractivity contribution in [3.8, 4) is 5.75 Å². The lowest BCUT2D eigenvalue weighted by Gasteiger charge is -2.31. The summed E-state index contributed by atoms with van der Waals surface area (Å²) in [6.07, 6.45) is 0.159. The third-order valence-electron chi connectivity index (χ3n) is 3.67. The smallest absolute Gasteiger partial charge is 0.133 e. The van der Waals surface area contributed by atoms with Gasteiger partial charge in [0.05, 0.1) is 11.1 Å². The molecule has 1 aliphatic rings. The van der Waals surface area contributed by atoms with E-state index in [9.17, 15) is 0 Å². The molecule has 2 rings (SSSR count). The number of halogens is 1. The van der Waals surface area contributed by atoms with Crippen molar-refractivity contribution in [2.24, 2.45) is 0 Å². The van der Waals surface area contributed by atoms with Crippen molar-refractivity contribution >= 4 is 15.9 Å². The zero-order chi connectivity index (χ0) is 15.1. The van der Waals surface area contributed by atoms with Gasteiger partial charge in [0.2, 0.25) is 0 Å². The van der Waals surface area contributed by atoms with E-state index < -0.39 is 0 Å². The third kappa shape index (κ3) is 5.25. The predicted molar refractivity (Wildman–Crippen MR) is 88.9 cm³/mol. The number of hydrogen-bond acceptors (Lipinski definition) is 4. The Morgan fingerprint density at radius 3 is 3.00 bits per heavy atom. The average molecular weight is 357 g/mol. The van der Waals surface area contributed by atoms with Crippen LogP contribution < -0.4 is 10.1 Å². The summed E-state index contributed by atoms with van der Waals surface area (Å²) in [5, 5.41) is 3.32. The summed E-state index contributed by atoms with van der Waals surface area (Å²) in [5.74, 6) is 0.882. The molecule has 1 fully saturated rings. The van der Waals surface area contributed by atoms with Crippen molar-refractivity contribution in [3.63, 3.8) is 0 Å². The Balaban J connectivity index is 1.85. The van der Waals surface area contributed by atoms with Gasteiger partial charge in [-0.1, -0.05) is 19.9 Å². The van der Waals surface area contributed by atoms with Crippen molar-refractivity contribution in [2.45, 2.75) is 26.5 Å². The van der Waals surface area contributed by atoms with Gasteiger partial charge in [0.25, 0.3) is 0 Å². The molecule has 4 nitrogen and oxygen atoms in total. The molecule has 0 aliphatic carbocycles. The molecular formula is C16H25BrN2O2. The van der Waals surface area contributed by atoms with Crippen molar-refractivity contribution < 1.29 is 9.47 Å². The van der Waals surface area contributed by atoms with Gasteiger partial charge in [-0.05, 0) is 46.7 Å². The SMILES string of the molecule is CCNCc1ccc(OCC2CN(CC)CCO2)c(Br)c1. The second kappa shape index (κ2) is 8.73. The maximum Gasteiger partial charge on any atom is 0.133 e. The van der Waals surface area contributed by atoms with E-state index in [0.717, 1.165) is 49.6 Å². The Hall–Kier alpha value is -0.620. The second-order valence-corrected chi connectivity index (χ2v) is 6.10. The predicted octanol–water partition coefficient (Wildman–Crippen LogP) is 2.66. The number of hydrogen-bond donors (Lipinski definition) is 1. The molecule has 0 amide bonds. The average Bonchev–Trinajstić information content (AvgIpc) is 2.52. The van der Waals surface area contributed by atoms with Gasteiger partial charge < -0.3 is 14.8 Å². The van der Waals surface area contributed by atoms with Crippen molar-refractivity contribution in [3.05, 3.63) is 28.2 Å². The molecule has 1 unspecified atom stereocenters. The van der Waals surface area contributed by atoms with Crippen LogP contribution in [0, 0.1) is 0 Å². The lowest BCUT2D eigenvalue weighted by Crippen LogP contribution is -2.44. The first-order valence-corrected chi connectivity index (χ1v) is 8.48. The normalized spacial score (nSPS) is 19.7. The van der Waals surface area contributed by atoms with E-state index in [4.69, 9.17) is 9.47 Å². The van der Waals surface area contributed by atoms with Gasteiger partial charge in [-0.3, -0.25) is 4.90 Å². The Morgan fingerprint density at radius 1 is 1.43 bits per heavy atom. The third-order valence-corrected chi connectivity index (χ3v) is 4.29. The molecule has 21 heavy (non-hydrogen) atoms. The Kier molecular flexibility index (Phi) is 6.96. The van der Waals surface area contributed by atoms with Gasteiger partial charge in [0, 0.05) is 19.6 Å².